The van der Waals surface area contributed by atoms with Crippen LogP contribution in [-0.2, 0) is 11.2 Å². The van der Waals surface area contributed by atoms with Gasteiger partial charge >= 0.3 is 0 Å². The van der Waals surface area contributed by atoms with Crippen LogP contribution in [0.15, 0.2) is 66.0 Å². The van der Waals surface area contributed by atoms with E-state index in [4.69, 9.17) is 0 Å². The maximum Gasteiger partial charge on any atom is 0.241 e. The summed E-state index contributed by atoms with van der Waals surface area (Å²) in [4.78, 5) is 13.9. The van der Waals surface area contributed by atoms with E-state index in [-0.39, 0.29) is 11.9 Å². The van der Waals surface area contributed by atoms with Crippen LogP contribution < -0.4 is 10.6 Å². The van der Waals surface area contributed by atoms with Gasteiger partial charge in [0.1, 0.15) is 6.07 Å². The number of thiophene rings is 1. The van der Waals surface area contributed by atoms with Gasteiger partial charge in [-0.25, -0.2) is 0 Å². The van der Waals surface area contributed by atoms with Crippen molar-refractivity contribution in [1.82, 2.24) is 5.32 Å². The fourth-order valence-electron chi connectivity index (χ4n) is 3.00. The molecule has 2 N–H and O–H groups in total. The largest absolute Gasteiger partial charge is 0.324 e. The highest BCUT2D eigenvalue weighted by Gasteiger charge is 2.22. The molecule has 5 heteroatoms. The van der Waals surface area contributed by atoms with Gasteiger partial charge in [0.25, 0.3) is 0 Å². The number of hydrogen-bond donors (Lipinski definition) is 2. The van der Waals surface area contributed by atoms with Crippen molar-refractivity contribution in [2.75, 3.05) is 5.32 Å². The van der Waals surface area contributed by atoms with Crippen molar-refractivity contribution in [3.05, 3.63) is 87.6 Å². The van der Waals surface area contributed by atoms with Gasteiger partial charge in [-0.05, 0) is 48.1 Å². The number of hydrogen-bond acceptors (Lipinski definition) is 4. The van der Waals surface area contributed by atoms with E-state index < -0.39 is 6.04 Å². The first kappa shape index (κ1) is 19.8. The Bertz CT molecular complexity index is 958. The molecule has 0 radical (unpaired) electrons. The van der Waals surface area contributed by atoms with Crippen molar-refractivity contribution < 1.29 is 4.79 Å². The highest BCUT2D eigenvalue weighted by Crippen LogP contribution is 2.27. The number of para-hydroxylation sites is 1. The van der Waals surface area contributed by atoms with Crippen LogP contribution in [0.4, 0.5) is 5.69 Å². The van der Waals surface area contributed by atoms with E-state index in [9.17, 15) is 10.1 Å². The Kier molecular flexibility index (Phi) is 6.59. The second kappa shape index (κ2) is 9.32. The molecule has 1 aromatic heterocycles. The number of nitrogens with one attached hydrogen (secondary N) is 2. The van der Waals surface area contributed by atoms with Gasteiger partial charge in [0.2, 0.25) is 5.91 Å². The molecule has 0 spiro atoms. The molecule has 0 aliphatic rings. The highest BCUT2D eigenvalue weighted by molar-refractivity contribution is 7.10. The first-order chi connectivity index (χ1) is 13.6. The number of amides is 1. The summed E-state index contributed by atoms with van der Waals surface area (Å²) in [5.41, 5.74) is 3.39. The molecular formula is C23H23N3OS. The van der Waals surface area contributed by atoms with Gasteiger partial charge in [0.15, 0.2) is 0 Å². The van der Waals surface area contributed by atoms with E-state index >= 15 is 0 Å². The Labute approximate surface area is 169 Å². The van der Waals surface area contributed by atoms with E-state index in [0.29, 0.717) is 11.3 Å². The van der Waals surface area contributed by atoms with Crippen LogP contribution in [0.25, 0.3) is 0 Å². The van der Waals surface area contributed by atoms with Crippen LogP contribution in [0, 0.1) is 11.3 Å². The zero-order valence-electron chi connectivity index (χ0n) is 16.0. The average Bonchev–Trinajstić information content (AvgIpc) is 3.27. The van der Waals surface area contributed by atoms with Crippen LogP contribution in [0.3, 0.4) is 0 Å². The number of anilines is 1. The highest BCUT2D eigenvalue weighted by atomic mass is 32.1. The summed E-state index contributed by atoms with van der Waals surface area (Å²) in [7, 11) is 0. The summed E-state index contributed by atoms with van der Waals surface area (Å²) in [5.74, 6) is -0.172. The third-order valence-electron chi connectivity index (χ3n) is 4.66. The zero-order chi connectivity index (χ0) is 19.9. The summed E-state index contributed by atoms with van der Waals surface area (Å²) in [5, 5.41) is 17.6. The summed E-state index contributed by atoms with van der Waals surface area (Å²) < 4.78 is 0. The van der Waals surface area contributed by atoms with Crippen molar-refractivity contribution in [3.8, 4) is 6.07 Å². The van der Waals surface area contributed by atoms with Crippen molar-refractivity contribution in [2.24, 2.45) is 0 Å². The SMILES string of the molecule is CCc1ccc([C@H](N[C@@H](C)C(=O)Nc2ccccc2C#N)c2cccs2)cc1. The van der Waals surface area contributed by atoms with Crippen LogP contribution in [0.1, 0.15) is 41.5 Å². The number of carbonyl (C=O) groups excluding carboxylic acids is 1. The first-order valence-electron chi connectivity index (χ1n) is 9.30. The molecule has 0 bridgehead atoms. The van der Waals surface area contributed by atoms with Gasteiger partial charge in [-0.1, -0.05) is 49.4 Å². The third kappa shape index (κ3) is 4.66. The number of aryl methyl sites for hydroxylation is 1. The summed E-state index contributed by atoms with van der Waals surface area (Å²) in [6, 6.07) is 21.2. The molecule has 1 heterocycles. The lowest BCUT2D eigenvalue weighted by molar-refractivity contribution is -0.117. The first-order valence-corrected chi connectivity index (χ1v) is 10.2. The molecular weight excluding hydrogens is 366 g/mol. The fraction of sp³-hybridized carbons (Fsp3) is 0.217. The van der Waals surface area contributed by atoms with Crippen LogP contribution >= 0.6 is 11.3 Å². The van der Waals surface area contributed by atoms with Crippen molar-refractivity contribution >= 4 is 22.9 Å². The lowest BCUT2D eigenvalue weighted by Crippen LogP contribution is -2.40. The van der Waals surface area contributed by atoms with Crippen molar-refractivity contribution in [2.45, 2.75) is 32.4 Å². The van der Waals surface area contributed by atoms with Gasteiger partial charge in [0, 0.05) is 4.88 Å². The molecule has 4 nitrogen and oxygen atoms in total. The molecule has 0 unspecified atom stereocenters. The van der Waals surface area contributed by atoms with Crippen molar-refractivity contribution in [3.63, 3.8) is 0 Å². The van der Waals surface area contributed by atoms with Crippen LogP contribution in [0.2, 0.25) is 0 Å². The molecule has 2 aromatic carbocycles. The molecule has 28 heavy (non-hydrogen) atoms. The molecule has 0 aliphatic heterocycles. The normalized spacial score (nSPS) is 12.8. The average molecular weight is 390 g/mol. The van der Waals surface area contributed by atoms with E-state index in [1.165, 1.54) is 5.56 Å². The fourth-order valence-corrected chi connectivity index (χ4v) is 3.81. The molecule has 3 aromatic rings. The van der Waals surface area contributed by atoms with Gasteiger partial charge in [-0.15, -0.1) is 11.3 Å². The minimum atomic E-state index is -0.440. The Morgan fingerprint density at radius 1 is 1.11 bits per heavy atom. The molecule has 142 valence electrons. The maximum absolute atomic E-state index is 12.7. The second-order valence-corrected chi connectivity index (χ2v) is 7.56. The van der Waals surface area contributed by atoms with E-state index in [1.54, 1.807) is 35.6 Å². The Balaban J connectivity index is 1.78. The zero-order valence-corrected chi connectivity index (χ0v) is 16.8. The predicted octanol–water partition coefficient (Wildman–Crippen LogP) is 4.89. The van der Waals surface area contributed by atoms with E-state index in [0.717, 1.165) is 16.9 Å². The number of nitrogens with zero attached hydrogens (tertiary/aromatic N) is 1. The molecule has 1 amide bonds. The quantitative estimate of drug-likeness (QED) is 0.605. The Hall–Kier alpha value is -2.94. The smallest absolute Gasteiger partial charge is 0.241 e. The number of carbonyl (C=O) groups is 1. The van der Waals surface area contributed by atoms with Crippen molar-refractivity contribution in [1.29, 1.82) is 5.26 Å². The molecule has 0 saturated heterocycles. The molecule has 2 atom stereocenters. The summed E-state index contributed by atoms with van der Waals surface area (Å²) in [6.07, 6.45) is 0.995. The lowest BCUT2D eigenvalue weighted by atomic mass is 10.0. The van der Waals surface area contributed by atoms with Gasteiger partial charge in [-0.2, -0.15) is 5.26 Å². The van der Waals surface area contributed by atoms with E-state index in [1.807, 2.05) is 18.4 Å². The molecule has 3 rings (SSSR count). The Morgan fingerprint density at radius 2 is 1.86 bits per heavy atom. The van der Waals surface area contributed by atoms with Gasteiger partial charge in [-0.3, -0.25) is 10.1 Å². The molecule has 0 saturated carbocycles. The number of nitriles is 1. The molecule has 0 aliphatic carbocycles. The number of rotatable bonds is 7. The summed E-state index contributed by atoms with van der Waals surface area (Å²) in [6.45, 7) is 3.97. The minimum Gasteiger partial charge on any atom is -0.324 e. The standard InChI is InChI=1S/C23H23N3OS/c1-3-17-10-12-18(13-11-17)22(21-9-6-14-28-21)25-16(2)23(27)26-20-8-5-4-7-19(20)15-24/h4-14,16,22,25H,3H2,1-2H3,(H,26,27)/t16-,22-/m0/s1. The van der Waals surface area contributed by atoms with E-state index in [2.05, 4.69) is 54.0 Å². The maximum atomic E-state index is 12.7. The van der Waals surface area contributed by atoms with Crippen LogP contribution in [0.5, 0.6) is 0 Å². The lowest BCUT2D eigenvalue weighted by Gasteiger charge is -2.23. The van der Waals surface area contributed by atoms with Gasteiger partial charge in [0.05, 0.1) is 23.3 Å². The molecule has 0 fully saturated rings. The van der Waals surface area contributed by atoms with Gasteiger partial charge < -0.3 is 5.32 Å². The summed E-state index contributed by atoms with van der Waals surface area (Å²) >= 11 is 1.66. The Morgan fingerprint density at radius 3 is 2.50 bits per heavy atom. The monoisotopic (exact) mass is 389 g/mol. The topological polar surface area (TPSA) is 64.9 Å². The second-order valence-electron chi connectivity index (χ2n) is 6.58. The predicted molar refractivity (Wildman–Crippen MR) is 114 cm³/mol. The third-order valence-corrected chi connectivity index (χ3v) is 5.60. The van der Waals surface area contributed by atoms with Crippen LogP contribution in [-0.4, -0.2) is 11.9 Å². The minimum absolute atomic E-state index is 0.0714. The number of benzene rings is 2.